The number of nitriles is 1. The van der Waals surface area contributed by atoms with Crippen molar-refractivity contribution < 1.29 is 4.79 Å². The average molecular weight is 322 g/mol. The molecule has 6 nitrogen and oxygen atoms in total. The Morgan fingerprint density at radius 2 is 1.96 bits per heavy atom. The summed E-state index contributed by atoms with van der Waals surface area (Å²) in [6.07, 6.45) is 1.73. The Balaban J connectivity index is 1.58. The molecule has 0 atom stereocenters. The number of piperazine rings is 1. The second kappa shape index (κ2) is 7.11. The Morgan fingerprint density at radius 1 is 1.17 bits per heavy atom. The van der Waals surface area contributed by atoms with Crippen molar-refractivity contribution in [1.29, 1.82) is 5.26 Å². The van der Waals surface area contributed by atoms with Crippen LogP contribution in [0, 0.1) is 11.3 Å². The van der Waals surface area contributed by atoms with Crippen LogP contribution in [0.4, 0.5) is 0 Å². The van der Waals surface area contributed by atoms with Gasteiger partial charge >= 0.3 is 0 Å². The maximum Gasteiger partial charge on any atom is 0.253 e. The Hall–Kier alpha value is -2.91. The molecule has 1 aromatic heterocycles. The van der Waals surface area contributed by atoms with E-state index in [0.29, 0.717) is 24.2 Å². The number of amides is 1. The molecule has 1 N–H and O–H groups in total. The summed E-state index contributed by atoms with van der Waals surface area (Å²) in [5, 5.41) is 8.94. The second-order valence-electron chi connectivity index (χ2n) is 5.82. The highest BCUT2D eigenvalue weighted by atomic mass is 16.2. The fraction of sp³-hybridized carbons (Fsp3) is 0.278. The van der Waals surface area contributed by atoms with Gasteiger partial charge in [0.1, 0.15) is 0 Å². The van der Waals surface area contributed by atoms with Crippen LogP contribution in [0.15, 0.2) is 47.4 Å². The Morgan fingerprint density at radius 3 is 2.62 bits per heavy atom. The summed E-state index contributed by atoms with van der Waals surface area (Å²) >= 11 is 0. The van der Waals surface area contributed by atoms with Crippen LogP contribution in [0.25, 0.3) is 0 Å². The van der Waals surface area contributed by atoms with E-state index in [1.807, 2.05) is 11.0 Å². The zero-order chi connectivity index (χ0) is 16.9. The van der Waals surface area contributed by atoms with E-state index in [1.54, 1.807) is 30.5 Å². The highest BCUT2D eigenvalue weighted by molar-refractivity contribution is 5.94. The molecule has 1 saturated heterocycles. The first-order valence-electron chi connectivity index (χ1n) is 7.85. The van der Waals surface area contributed by atoms with Gasteiger partial charge in [0.05, 0.1) is 11.6 Å². The predicted molar refractivity (Wildman–Crippen MR) is 89.4 cm³/mol. The standard InChI is InChI=1S/C18H18N4O2/c19-11-14-2-1-3-16(10-14)18(24)22-8-6-21(7-9-22)13-15-4-5-17(23)20-12-15/h1-5,10,12H,6-9,13H2,(H,20,23). The fourth-order valence-corrected chi connectivity index (χ4v) is 2.81. The van der Waals surface area contributed by atoms with Gasteiger partial charge in [0.15, 0.2) is 0 Å². The monoisotopic (exact) mass is 322 g/mol. The molecular weight excluding hydrogens is 304 g/mol. The zero-order valence-electron chi connectivity index (χ0n) is 13.2. The molecule has 122 valence electrons. The maximum absolute atomic E-state index is 12.5. The van der Waals surface area contributed by atoms with Crippen LogP contribution in [0.5, 0.6) is 0 Å². The molecule has 1 aliphatic rings. The van der Waals surface area contributed by atoms with E-state index in [1.165, 1.54) is 6.07 Å². The number of hydrogen-bond donors (Lipinski definition) is 1. The molecule has 0 bridgehead atoms. The number of carbonyl (C=O) groups excluding carboxylic acids is 1. The first kappa shape index (κ1) is 16.0. The fourth-order valence-electron chi connectivity index (χ4n) is 2.81. The summed E-state index contributed by atoms with van der Waals surface area (Å²) in [7, 11) is 0. The molecule has 1 aliphatic heterocycles. The summed E-state index contributed by atoms with van der Waals surface area (Å²) in [5.41, 5.74) is 2.01. The van der Waals surface area contributed by atoms with Crippen LogP contribution < -0.4 is 5.56 Å². The molecule has 1 aromatic carbocycles. The number of H-pyrrole nitrogens is 1. The SMILES string of the molecule is N#Cc1cccc(C(=O)N2CCN(Cc3ccc(=O)[nH]c3)CC2)c1. The molecule has 0 aliphatic carbocycles. The predicted octanol–water partition coefficient (Wildman–Crippen LogP) is 1.20. The van der Waals surface area contributed by atoms with E-state index in [0.717, 1.165) is 25.2 Å². The molecule has 0 saturated carbocycles. The summed E-state index contributed by atoms with van der Waals surface area (Å²) in [5.74, 6) is -0.0317. The van der Waals surface area contributed by atoms with E-state index in [-0.39, 0.29) is 11.5 Å². The van der Waals surface area contributed by atoms with Crippen molar-refractivity contribution in [2.24, 2.45) is 0 Å². The molecule has 3 rings (SSSR count). The summed E-state index contributed by atoms with van der Waals surface area (Å²) < 4.78 is 0. The van der Waals surface area contributed by atoms with Crippen LogP contribution in [-0.2, 0) is 6.54 Å². The minimum Gasteiger partial charge on any atom is -0.336 e. The third-order valence-corrected chi connectivity index (χ3v) is 4.15. The van der Waals surface area contributed by atoms with Crippen molar-refractivity contribution in [1.82, 2.24) is 14.8 Å². The third-order valence-electron chi connectivity index (χ3n) is 4.15. The van der Waals surface area contributed by atoms with Gasteiger partial charge in [-0.2, -0.15) is 5.26 Å². The van der Waals surface area contributed by atoms with Gasteiger partial charge in [-0.15, -0.1) is 0 Å². The number of hydrogen-bond acceptors (Lipinski definition) is 4. The van der Waals surface area contributed by atoms with Crippen molar-refractivity contribution >= 4 is 5.91 Å². The molecule has 1 fully saturated rings. The summed E-state index contributed by atoms with van der Waals surface area (Å²) in [6, 6.07) is 12.2. The van der Waals surface area contributed by atoms with Gasteiger partial charge in [0.2, 0.25) is 5.56 Å². The lowest BCUT2D eigenvalue weighted by Gasteiger charge is -2.34. The summed E-state index contributed by atoms with van der Waals surface area (Å²) in [6.45, 7) is 3.62. The van der Waals surface area contributed by atoms with Gasteiger partial charge in [-0.3, -0.25) is 14.5 Å². The molecule has 0 spiro atoms. The van der Waals surface area contributed by atoms with Gasteiger partial charge in [-0.25, -0.2) is 0 Å². The normalized spacial score (nSPS) is 15.0. The van der Waals surface area contributed by atoms with E-state index in [4.69, 9.17) is 5.26 Å². The smallest absolute Gasteiger partial charge is 0.253 e. The van der Waals surface area contributed by atoms with E-state index >= 15 is 0 Å². The second-order valence-corrected chi connectivity index (χ2v) is 5.82. The lowest BCUT2D eigenvalue weighted by atomic mass is 10.1. The molecule has 1 amide bonds. The van der Waals surface area contributed by atoms with Gasteiger partial charge in [0.25, 0.3) is 5.91 Å². The lowest BCUT2D eigenvalue weighted by molar-refractivity contribution is 0.0628. The van der Waals surface area contributed by atoms with Crippen LogP contribution in [0.2, 0.25) is 0 Å². The van der Waals surface area contributed by atoms with Gasteiger partial charge in [-0.05, 0) is 23.8 Å². The number of benzene rings is 1. The van der Waals surface area contributed by atoms with Crippen LogP contribution in [-0.4, -0.2) is 46.9 Å². The largest absolute Gasteiger partial charge is 0.336 e. The number of nitrogens with zero attached hydrogens (tertiary/aromatic N) is 3. The molecule has 6 heteroatoms. The van der Waals surface area contributed by atoms with Crippen LogP contribution >= 0.6 is 0 Å². The zero-order valence-corrected chi connectivity index (χ0v) is 13.2. The number of carbonyl (C=O) groups is 1. The van der Waals surface area contributed by atoms with Crippen molar-refractivity contribution in [3.05, 3.63) is 69.6 Å². The number of aromatic nitrogens is 1. The molecule has 2 heterocycles. The first-order chi connectivity index (χ1) is 11.7. The van der Waals surface area contributed by atoms with Crippen molar-refractivity contribution in [2.75, 3.05) is 26.2 Å². The van der Waals surface area contributed by atoms with E-state index in [2.05, 4.69) is 16.0 Å². The minimum absolute atomic E-state index is 0.0317. The van der Waals surface area contributed by atoms with E-state index in [9.17, 15) is 9.59 Å². The van der Waals surface area contributed by atoms with Crippen LogP contribution in [0.1, 0.15) is 21.5 Å². The van der Waals surface area contributed by atoms with Crippen molar-refractivity contribution in [3.63, 3.8) is 0 Å². The topological polar surface area (TPSA) is 80.2 Å². The Kier molecular flexibility index (Phi) is 4.73. The molecular formula is C18H18N4O2. The third kappa shape index (κ3) is 3.70. The number of aromatic amines is 1. The first-order valence-corrected chi connectivity index (χ1v) is 7.85. The van der Waals surface area contributed by atoms with Gasteiger partial charge in [-0.1, -0.05) is 12.1 Å². The maximum atomic E-state index is 12.5. The van der Waals surface area contributed by atoms with Gasteiger partial charge in [0, 0.05) is 50.6 Å². The van der Waals surface area contributed by atoms with E-state index < -0.39 is 0 Å². The number of nitrogens with one attached hydrogen (secondary N) is 1. The molecule has 2 aromatic rings. The highest BCUT2D eigenvalue weighted by Gasteiger charge is 2.22. The number of rotatable bonds is 3. The average Bonchev–Trinajstić information content (AvgIpc) is 2.64. The lowest BCUT2D eigenvalue weighted by Crippen LogP contribution is -2.48. The van der Waals surface area contributed by atoms with Crippen molar-refractivity contribution in [2.45, 2.75) is 6.54 Å². The number of pyridine rings is 1. The van der Waals surface area contributed by atoms with Crippen LogP contribution in [0.3, 0.4) is 0 Å². The molecule has 24 heavy (non-hydrogen) atoms. The summed E-state index contributed by atoms with van der Waals surface area (Å²) in [4.78, 5) is 30.4. The Labute approximate surface area is 139 Å². The Bertz CT molecular complexity index is 809. The van der Waals surface area contributed by atoms with Crippen molar-refractivity contribution in [3.8, 4) is 6.07 Å². The minimum atomic E-state index is -0.103. The van der Waals surface area contributed by atoms with Gasteiger partial charge < -0.3 is 9.88 Å². The molecule has 0 radical (unpaired) electrons. The molecule has 0 unspecified atom stereocenters. The quantitative estimate of drug-likeness (QED) is 0.921. The highest BCUT2D eigenvalue weighted by Crippen LogP contribution is 2.12.